The summed E-state index contributed by atoms with van der Waals surface area (Å²) < 4.78 is 9.85. The van der Waals surface area contributed by atoms with Crippen LogP contribution in [0.15, 0.2) is 51.3 Å². The molecule has 0 aliphatic heterocycles. The molecule has 0 radical (unpaired) electrons. The first-order valence-corrected chi connectivity index (χ1v) is 11.9. The molecule has 0 saturated heterocycles. The van der Waals surface area contributed by atoms with Gasteiger partial charge in [0.1, 0.15) is 17.1 Å². The molecular weight excluding hydrogens is 446 g/mol. The molecule has 1 heterocycles. The van der Waals surface area contributed by atoms with Gasteiger partial charge in [-0.05, 0) is 67.9 Å². The molecule has 1 atom stereocenters. The number of Topliss-reactive ketones (excluding diaryl/α,β-unsaturated/α-hetero) is 1. The molecule has 0 aliphatic carbocycles. The Bertz CT molecular complexity index is 1160. The second kappa shape index (κ2) is 13.3. The van der Waals surface area contributed by atoms with Crippen molar-refractivity contribution in [3.05, 3.63) is 80.5 Å². The molecule has 2 N–H and O–H groups in total. The fourth-order valence-corrected chi connectivity index (χ4v) is 3.64. The quantitative estimate of drug-likeness (QED) is 0.300. The van der Waals surface area contributed by atoms with E-state index >= 15 is 0 Å². The molecule has 2 rings (SSSR count). The summed E-state index contributed by atoms with van der Waals surface area (Å²) in [4.78, 5) is 36.6. The second-order valence-corrected chi connectivity index (χ2v) is 8.66. The number of amides is 1. The van der Waals surface area contributed by atoms with Crippen LogP contribution in [-0.4, -0.2) is 24.1 Å². The number of alkyl carbamates (subject to hydrolysis) is 1. The van der Waals surface area contributed by atoms with Gasteiger partial charge in [0.25, 0.3) is 0 Å². The third-order valence-electron chi connectivity index (χ3n) is 5.82. The summed E-state index contributed by atoms with van der Waals surface area (Å²) in [5, 5.41) is 12.9. The van der Waals surface area contributed by atoms with Crippen LogP contribution >= 0.6 is 0 Å². The zero-order chi connectivity index (χ0) is 26.0. The third kappa shape index (κ3) is 7.98. The van der Waals surface area contributed by atoms with Gasteiger partial charge in [-0.1, -0.05) is 44.5 Å². The van der Waals surface area contributed by atoms with Crippen molar-refractivity contribution in [1.29, 1.82) is 0 Å². The molecule has 1 aromatic carbocycles. The maximum absolute atomic E-state index is 13.0. The predicted octanol–water partition coefficient (Wildman–Crippen LogP) is 6.04. The smallest absolute Gasteiger partial charge is 0.410 e. The van der Waals surface area contributed by atoms with E-state index in [1.165, 1.54) is 24.9 Å². The lowest BCUT2D eigenvalue weighted by molar-refractivity contribution is 0.102. The van der Waals surface area contributed by atoms with Crippen LogP contribution in [0.25, 0.3) is 6.08 Å². The van der Waals surface area contributed by atoms with Crippen molar-refractivity contribution in [2.75, 3.05) is 7.11 Å². The number of hydrogen-bond acceptors (Lipinski definition) is 6. The van der Waals surface area contributed by atoms with Gasteiger partial charge in [0.2, 0.25) is 0 Å². The highest BCUT2D eigenvalue weighted by molar-refractivity contribution is 6.12. The standard InChI is InChI=1S/C28H35NO6/c1-6-7-11-21-12-13-22(19(3)15-21)16-20(4)26(31)25-23(30)17-24(35-27(25)32)18(2)10-8-9-14-29-28(33)34-5/h9,12-18,30H,6-8,10-11H2,1-5H3,(H,29,33)/b14-9+,20-16+. The van der Waals surface area contributed by atoms with Crippen LogP contribution < -0.4 is 10.9 Å². The van der Waals surface area contributed by atoms with Gasteiger partial charge in [0.05, 0.1) is 7.11 Å². The van der Waals surface area contributed by atoms with Gasteiger partial charge >= 0.3 is 11.7 Å². The van der Waals surface area contributed by atoms with Gasteiger partial charge in [-0.2, -0.15) is 0 Å². The van der Waals surface area contributed by atoms with Gasteiger partial charge < -0.3 is 14.3 Å². The van der Waals surface area contributed by atoms with Crippen molar-refractivity contribution in [3.8, 4) is 5.75 Å². The summed E-state index contributed by atoms with van der Waals surface area (Å²) >= 11 is 0. The summed E-state index contributed by atoms with van der Waals surface area (Å²) in [6, 6.07) is 7.47. The largest absolute Gasteiger partial charge is 0.507 e. The topological polar surface area (TPSA) is 106 Å². The molecule has 1 aromatic heterocycles. The normalized spacial score (nSPS) is 12.5. The molecular formula is C28H35NO6. The van der Waals surface area contributed by atoms with E-state index in [2.05, 4.69) is 29.1 Å². The van der Waals surface area contributed by atoms with Crippen LogP contribution in [-0.2, 0) is 11.2 Å². The van der Waals surface area contributed by atoms with E-state index in [0.29, 0.717) is 24.2 Å². The maximum Gasteiger partial charge on any atom is 0.410 e. The molecule has 188 valence electrons. The molecule has 7 nitrogen and oxygen atoms in total. The SMILES string of the molecule is CCCCc1ccc(/C=C(\C)C(=O)c2c(O)cc(C(C)CC/C=C/NC(=O)OC)oc2=O)c(C)c1. The number of allylic oxidation sites excluding steroid dienone is 2. The third-order valence-corrected chi connectivity index (χ3v) is 5.82. The number of aromatic hydroxyl groups is 1. The van der Waals surface area contributed by atoms with E-state index in [0.717, 1.165) is 30.4 Å². The van der Waals surface area contributed by atoms with Gasteiger partial charge in [-0.3, -0.25) is 10.1 Å². The fourth-order valence-electron chi connectivity index (χ4n) is 3.64. The summed E-state index contributed by atoms with van der Waals surface area (Å²) in [5.74, 6) is -0.860. The second-order valence-electron chi connectivity index (χ2n) is 8.66. The van der Waals surface area contributed by atoms with Crippen molar-refractivity contribution < 1.29 is 23.8 Å². The highest BCUT2D eigenvalue weighted by Gasteiger charge is 2.22. The monoisotopic (exact) mass is 481 g/mol. The van der Waals surface area contributed by atoms with E-state index in [9.17, 15) is 19.5 Å². The van der Waals surface area contributed by atoms with E-state index in [-0.39, 0.29) is 11.5 Å². The average molecular weight is 482 g/mol. The minimum Gasteiger partial charge on any atom is -0.507 e. The lowest BCUT2D eigenvalue weighted by Gasteiger charge is -2.11. The van der Waals surface area contributed by atoms with Crippen LogP contribution in [0.3, 0.4) is 0 Å². The number of carbonyl (C=O) groups excluding carboxylic acids is 2. The molecule has 0 spiro atoms. The van der Waals surface area contributed by atoms with Gasteiger partial charge in [0.15, 0.2) is 5.78 Å². The summed E-state index contributed by atoms with van der Waals surface area (Å²) in [6.07, 6.45) is 8.84. The first-order valence-electron chi connectivity index (χ1n) is 11.9. The number of methoxy groups -OCH3 is 1. The summed E-state index contributed by atoms with van der Waals surface area (Å²) in [7, 11) is 1.28. The maximum atomic E-state index is 13.0. The Hall–Kier alpha value is -3.61. The lowest BCUT2D eigenvalue weighted by atomic mass is 9.97. The van der Waals surface area contributed by atoms with Gasteiger partial charge in [0, 0.05) is 18.2 Å². The Kier molecular flexibility index (Phi) is 10.5. The number of ketones is 1. The van der Waals surface area contributed by atoms with E-state index < -0.39 is 23.3 Å². The van der Waals surface area contributed by atoms with Gasteiger partial charge in [-0.15, -0.1) is 0 Å². The molecule has 0 saturated carbocycles. The minimum absolute atomic E-state index is 0.189. The molecule has 7 heteroatoms. The fraction of sp³-hybridized carbons (Fsp3) is 0.393. The Morgan fingerprint density at radius 1 is 1.26 bits per heavy atom. The lowest BCUT2D eigenvalue weighted by Crippen LogP contribution is -2.17. The highest BCUT2D eigenvalue weighted by atomic mass is 16.5. The molecule has 0 bridgehead atoms. The number of rotatable bonds is 11. The number of ether oxygens (including phenoxy) is 1. The number of carbonyl (C=O) groups is 2. The highest BCUT2D eigenvalue weighted by Crippen LogP contribution is 2.26. The molecule has 0 aliphatic rings. The van der Waals surface area contributed by atoms with Crippen LogP contribution in [0, 0.1) is 6.92 Å². The number of nitrogens with one attached hydrogen (secondary N) is 1. The Labute approximate surface area is 206 Å². The van der Waals surface area contributed by atoms with Crippen molar-refractivity contribution in [2.45, 2.75) is 65.7 Å². The molecule has 1 unspecified atom stereocenters. The van der Waals surface area contributed by atoms with Crippen molar-refractivity contribution in [1.82, 2.24) is 5.32 Å². The Morgan fingerprint density at radius 3 is 2.63 bits per heavy atom. The van der Waals surface area contributed by atoms with E-state index in [1.54, 1.807) is 19.1 Å². The van der Waals surface area contributed by atoms with Crippen LogP contribution in [0.1, 0.15) is 85.2 Å². The first kappa shape index (κ1) is 27.6. The van der Waals surface area contributed by atoms with Crippen molar-refractivity contribution in [3.63, 3.8) is 0 Å². The molecule has 0 fully saturated rings. The minimum atomic E-state index is -0.862. The first-order chi connectivity index (χ1) is 16.7. The van der Waals surface area contributed by atoms with E-state index in [1.807, 2.05) is 19.9 Å². The van der Waals surface area contributed by atoms with Crippen LogP contribution in [0.5, 0.6) is 5.75 Å². The average Bonchev–Trinajstić information content (AvgIpc) is 2.82. The zero-order valence-corrected chi connectivity index (χ0v) is 21.1. The summed E-state index contributed by atoms with van der Waals surface area (Å²) in [6.45, 7) is 7.61. The Morgan fingerprint density at radius 2 is 2.00 bits per heavy atom. The van der Waals surface area contributed by atoms with E-state index in [4.69, 9.17) is 4.42 Å². The summed E-state index contributed by atoms with van der Waals surface area (Å²) in [5.41, 5.74) is 2.29. The zero-order valence-electron chi connectivity index (χ0n) is 21.1. The van der Waals surface area contributed by atoms with Gasteiger partial charge in [-0.25, -0.2) is 9.59 Å². The predicted molar refractivity (Wildman–Crippen MR) is 137 cm³/mol. The Balaban J connectivity index is 2.14. The van der Waals surface area contributed by atoms with Crippen LogP contribution in [0.4, 0.5) is 4.79 Å². The molecule has 2 aromatic rings. The number of aryl methyl sites for hydroxylation is 2. The molecule has 1 amide bonds. The van der Waals surface area contributed by atoms with Crippen molar-refractivity contribution in [2.24, 2.45) is 0 Å². The number of benzene rings is 1. The van der Waals surface area contributed by atoms with Crippen LogP contribution in [0.2, 0.25) is 0 Å². The molecule has 35 heavy (non-hydrogen) atoms. The van der Waals surface area contributed by atoms with Crippen molar-refractivity contribution >= 4 is 18.0 Å². The number of hydrogen-bond donors (Lipinski definition) is 2. The number of unbranched alkanes of at least 4 members (excludes halogenated alkanes) is 1.